The molecule has 0 spiro atoms. The third kappa shape index (κ3) is 9.44. The molecule has 4 heteroatoms. The van der Waals surface area contributed by atoms with Crippen molar-refractivity contribution < 1.29 is 19.7 Å². The number of allylic oxidation sites excluding steroid dienone is 2. The number of ether oxygens (including phenoxy) is 1. The summed E-state index contributed by atoms with van der Waals surface area (Å²) in [6.45, 7) is 3.74. The van der Waals surface area contributed by atoms with Crippen LogP contribution in [0.4, 0.5) is 0 Å². The first-order valence-electron chi connectivity index (χ1n) is 11.7. The van der Waals surface area contributed by atoms with Crippen LogP contribution in [0.1, 0.15) is 77.2 Å². The van der Waals surface area contributed by atoms with Crippen molar-refractivity contribution in [2.45, 2.75) is 96.4 Å². The van der Waals surface area contributed by atoms with Gasteiger partial charge in [-0.25, -0.2) is 0 Å². The monoisotopic (exact) mass is 416 g/mol. The number of aryl methyl sites for hydroxylation is 1. The van der Waals surface area contributed by atoms with Crippen LogP contribution < -0.4 is 0 Å². The Morgan fingerprint density at radius 2 is 1.93 bits per heavy atom. The number of hydrogen-bond acceptors (Lipinski definition) is 4. The van der Waals surface area contributed by atoms with Crippen LogP contribution in [-0.2, 0) is 16.0 Å². The number of aliphatic hydroxyl groups excluding tert-OH is 2. The van der Waals surface area contributed by atoms with Gasteiger partial charge < -0.3 is 14.9 Å². The molecule has 0 heterocycles. The van der Waals surface area contributed by atoms with Crippen molar-refractivity contribution in [1.29, 1.82) is 0 Å². The molecule has 1 fully saturated rings. The van der Waals surface area contributed by atoms with Crippen molar-refractivity contribution in [3.05, 3.63) is 48.0 Å². The first kappa shape index (κ1) is 24.6. The van der Waals surface area contributed by atoms with E-state index in [1.807, 2.05) is 32.0 Å². The summed E-state index contributed by atoms with van der Waals surface area (Å²) in [4.78, 5) is 11.5. The lowest BCUT2D eigenvalue weighted by molar-refractivity contribution is -0.147. The predicted molar refractivity (Wildman–Crippen MR) is 121 cm³/mol. The maximum Gasteiger partial charge on any atom is 0.306 e. The molecular weight excluding hydrogens is 376 g/mol. The Hall–Kier alpha value is -1.65. The van der Waals surface area contributed by atoms with Gasteiger partial charge in [0, 0.05) is 6.42 Å². The zero-order valence-electron chi connectivity index (χ0n) is 18.7. The number of esters is 1. The number of benzene rings is 1. The number of rotatable bonds is 13. The molecule has 0 aromatic heterocycles. The van der Waals surface area contributed by atoms with Gasteiger partial charge in [0.15, 0.2) is 0 Å². The smallest absolute Gasteiger partial charge is 0.306 e. The quantitative estimate of drug-likeness (QED) is 0.263. The van der Waals surface area contributed by atoms with Gasteiger partial charge in [0.25, 0.3) is 0 Å². The summed E-state index contributed by atoms with van der Waals surface area (Å²) in [7, 11) is 0. The summed E-state index contributed by atoms with van der Waals surface area (Å²) in [6.07, 6.45) is 12.1. The average Bonchev–Trinajstić information content (AvgIpc) is 3.07. The number of carbonyl (C=O) groups is 1. The molecule has 1 saturated carbocycles. The van der Waals surface area contributed by atoms with E-state index in [0.717, 1.165) is 57.8 Å². The second-order valence-electron chi connectivity index (χ2n) is 8.96. The number of carbonyl (C=O) groups excluding carboxylic acids is 1. The molecule has 168 valence electrons. The lowest BCUT2D eigenvalue weighted by Gasteiger charge is -2.22. The standard InChI is InChI=1S/C26H40O4/c1-20(2)30-26(29)13-9-4-3-8-12-22-15-19-25(28)24(22)18-17-23(27)16-14-21-10-6-5-7-11-21/h3,5-8,10-11,20,22-25,27-28H,4,9,12-19H2,1-2H3/b8-3-/t22?,23?,24-,25?/m1/s1. The molecule has 0 saturated heterocycles. The summed E-state index contributed by atoms with van der Waals surface area (Å²) >= 11 is 0. The van der Waals surface area contributed by atoms with Crippen LogP contribution in [0.3, 0.4) is 0 Å². The van der Waals surface area contributed by atoms with E-state index < -0.39 is 0 Å². The van der Waals surface area contributed by atoms with Gasteiger partial charge in [0.2, 0.25) is 0 Å². The fraction of sp³-hybridized carbons (Fsp3) is 0.654. The highest BCUT2D eigenvalue weighted by Gasteiger charge is 2.33. The van der Waals surface area contributed by atoms with Crippen molar-refractivity contribution in [3.8, 4) is 0 Å². The fourth-order valence-corrected chi connectivity index (χ4v) is 4.43. The first-order chi connectivity index (χ1) is 14.5. The van der Waals surface area contributed by atoms with E-state index in [-0.39, 0.29) is 30.2 Å². The minimum atomic E-state index is -0.306. The minimum absolute atomic E-state index is 0.0457. The van der Waals surface area contributed by atoms with Crippen LogP contribution in [0.15, 0.2) is 42.5 Å². The highest BCUT2D eigenvalue weighted by Crippen LogP contribution is 2.38. The molecule has 4 nitrogen and oxygen atoms in total. The molecule has 1 aliphatic rings. The van der Waals surface area contributed by atoms with Crippen molar-refractivity contribution in [1.82, 2.24) is 0 Å². The molecule has 1 aromatic carbocycles. The molecule has 3 unspecified atom stereocenters. The first-order valence-corrected chi connectivity index (χ1v) is 11.7. The van der Waals surface area contributed by atoms with Crippen molar-refractivity contribution in [2.24, 2.45) is 11.8 Å². The van der Waals surface area contributed by atoms with Gasteiger partial charge in [-0.1, -0.05) is 42.5 Å². The summed E-state index contributed by atoms with van der Waals surface area (Å²) in [5.41, 5.74) is 1.26. The van der Waals surface area contributed by atoms with E-state index >= 15 is 0 Å². The number of unbranched alkanes of at least 4 members (excludes halogenated alkanes) is 1. The van der Waals surface area contributed by atoms with Crippen LogP contribution in [0.25, 0.3) is 0 Å². The zero-order valence-corrected chi connectivity index (χ0v) is 18.7. The molecule has 2 rings (SSSR count). The molecule has 1 aliphatic carbocycles. The van der Waals surface area contributed by atoms with Gasteiger partial charge in [-0.3, -0.25) is 4.79 Å². The summed E-state index contributed by atoms with van der Waals surface area (Å²) in [5, 5.41) is 20.8. The lowest BCUT2D eigenvalue weighted by atomic mass is 9.86. The molecule has 2 N–H and O–H groups in total. The minimum Gasteiger partial charge on any atom is -0.463 e. The lowest BCUT2D eigenvalue weighted by Crippen LogP contribution is -2.21. The summed E-state index contributed by atoms with van der Waals surface area (Å²) < 4.78 is 5.14. The SMILES string of the molecule is CC(C)OC(=O)CCC/C=C\CC1CCC(O)[C@@H]1CCC(O)CCc1ccccc1. The van der Waals surface area contributed by atoms with Crippen LogP contribution in [0.5, 0.6) is 0 Å². The van der Waals surface area contributed by atoms with E-state index in [1.165, 1.54) is 5.56 Å². The van der Waals surface area contributed by atoms with Crippen LogP contribution >= 0.6 is 0 Å². The van der Waals surface area contributed by atoms with Gasteiger partial charge in [-0.05, 0) is 89.0 Å². The number of aliphatic hydroxyl groups is 2. The molecule has 0 aliphatic heterocycles. The Morgan fingerprint density at radius 1 is 1.17 bits per heavy atom. The van der Waals surface area contributed by atoms with Crippen LogP contribution in [0.2, 0.25) is 0 Å². The molecule has 0 bridgehead atoms. The highest BCUT2D eigenvalue weighted by molar-refractivity contribution is 5.69. The fourth-order valence-electron chi connectivity index (χ4n) is 4.43. The average molecular weight is 417 g/mol. The van der Waals surface area contributed by atoms with Crippen LogP contribution in [0, 0.1) is 11.8 Å². The Labute approximate surface area is 182 Å². The van der Waals surface area contributed by atoms with Gasteiger partial charge in [0.05, 0.1) is 18.3 Å². The van der Waals surface area contributed by atoms with Crippen molar-refractivity contribution in [3.63, 3.8) is 0 Å². The highest BCUT2D eigenvalue weighted by atomic mass is 16.5. The van der Waals surface area contributed by atoms with Gasteiger partial charge in [0.1, 0.15) is 0 Å². The molecule has 30 heavy (non-hydrogen) atoms. The summed E-state index contributed by atoms with van der Waals surface area (Å²) in [6, 6.07) is 10.3. The maximum atomic E-state index is 11.5. The van der Waals surface area contributed by atoms with Crippen molar-refractivity contribution in [2.75, 3.05) is 0 Å². The molecule has 1 aromatic rings. The molecular formula is C26H40O4. The second kappa shape index (κ2) is 13.6. The van der Waals surface area contributed by atoms with Gasteiger partial charge >= 0.3 is 5.97 Å². The Balaban J connectivity index is 1.64. The maximum absolute atomic E-state index is 11.5. The van der Waals surface area contributed by atoms with E-state index in [1.54, 1.807) is 0 Å². The van der Waals surface area contributed by atoms with Gasteiger partial charge in [-0.2, -0.15) is 0 Å². The predicted octanol–water partition coefficient (Wildman–Crippen LogP) is 5.22. The van der Waals surface area contributed by atoms with Gasteiger partial charge in [-0.15, -0.1) is 0 Å². The van der Waals surface area contributed by atoms with E-state index in [2.05, 4.69) is 24.3 Å². The van der Waals surface area contributed by atoms with Crippen LogP contribution in [-0.4, -0.2) is 34.5 Å². The third-order valence-corrected chi connectivity index (χ3v) is 6.10. The zero-order chi connectivity index (χ0) is 21.8. The normalized spacial score (nSPS) is 22.6. The van der Waals surface area contributed by atoms with E-state index in [4.69, 9.17) is 4.74 Å². The van der Waals surface area contributed by atoms with E-state index in [9.17, 15) is 15.0 Å². The topological polar surface area (TPSA) is 66.8 Å². The largest absolute Gasteiger partial charge is 0.463 e. The Kier molecular flexibility index (Phi) is 11.2. The Morgan fingerprint density at radius 3 is 2.67 bits per heavy atom. The van der Waals surface area contributed by atoms with Crippen molar-refractivity contribution >= 4 is 5.97 Å². The Bertz CT molecular complexity index is 625. The molecule has 4 atom stereocenters. The third-order valence-electron chi connectivity index (χ3n) is 6.10. The molecule has 0 radical (unpaired) electrons. The summed E-state index contributed by atoms with van der Waals surface area (Å²) in [5.74, 6) is 0.647. The van der Waals surface area contributed by atoms with E-state index in [0.29, 0.717) is 12.3 Å². The second-order valence-corrected chi connectivity index (χ2v) is 8.96. The number of hydrogen-bond donors (Lipinski definition) is 2. The molecule has 0 amide bonds.